The Kier molecular flexibility index (Phi) is 8.54. The SMILES string of the molecule is COC(=O)[C@@H](OCc1cccc(NC(=O)CCN)c1)[C@H](N)CC(=O)O. The molecule has 0 saturated heterocycles. The smallest absolute Gasteiger partial charge is 0.336 e. The Balaban J connectivity index is 2.73. The maximum absolute atomic E-state index is 11.8. The van der Waals surface area contributed by atoms with Crippen LogP contribution in [0.4, 0.5) is 5.69 Å². The summed E-state index contributed by atoms with van der Waals surface area (Å²) in [5, 5.41) is 11.5. The number of aliphatic carboxylic acids is 1. The van der Waals surface area contributed by atoms with Crippen LogP contribution in [0.3, 0.4) is 0 Å². The van der Waals surface area contributed by atoms with Gasteiger partial charge in [-0.2, -0.15) is 0 Å². The molecule has 1 amide bonds. The summed E-state index contributed by atoms with van der Waals surface area (Å²) in [4.78, 5) is 34.1. The molecular formula is C16H23N3O6. The van der Waals surface area contributed by atoms with Crippen molar-refractivity contribution >= 4 is 23.5 Å². The number of methoxy groups -OCH3 is 1. The fraction of sp³-hybridized carbons (Fsp3) is 0.438. The van der Waals surface area contributed by atoms with Crippen molar-refractivity contribution in [2.24, 2.45) is 11.5 Å². The molecule has 0 radical (unpaired) electrons. The van der Waals surface area contributed by atoms with Gasteiger partial charge in [0.25, 0.3) is 0 Å². The van der Waals surface area contributed by atoms with Gasteiger partial charge >= 0.3 is 11.9 Å². The van der Waals surface area contributed by atoms with Gasteiger partial charge in [0.2, 0.25) is 5.91 Å². The number of ether oxygens (including phenoxy) is 2. The monoisotopic (exact) mass is 353 g/mol. The molecule has 9 nitrogen and oxygen atoms in total. The van der Waals surface area contributed by atoms with E-state index in [-0.39, 0.29) is 25.5 Å². The van der Waals surface area contributed by atoms with E-state index in [0.29, 0.717) is 11.3 Å². The second kappa shape index (κ2) is 10.4. The number of nitrogens with one attached hydrogen (secondary N) is 1. The lowest BCUT2D eigenvalue weighted by Gasteiger charge is -2.21. The third-order valence-electron chi connectivity index (χ3n) is 3.24. The molecule has 2 atom stereocenters. The summed E-state index contributed by atoms with van der Waals surface area (Å²) in [5.41, 5.74) is 12.3. The quantitative estimate of drug-likeness (QED) is 0.423. The highest BCUT2D eigenvalue weighted by molar-refractivity contribution is 5.90. The molecule has 0 fully saturated rings. The molecule has 25 heavy (non-hydrogen) atoms. The number of carboxylic acid groups (broad SMARTS) is 1. The zero-order valence-electron chi connectivity index (χ0n) is 13.9. The molecule has 0 bridgehead atoms. The predicted octanol–water partition coefficient (Wildman–Crippen LogP) is -0.166. The first-order valence-corrected chi connectivity index (χ1v) is 7.63. The molecule has 0 aliphatic heterocycles. The van der Waals surface area contributed by atoms with E-state index in [2.05, 4.69) is 10.1 Å². The first-order valence-electron chi connectivity index (χ1n) is 7.63. The van der Waals surface area contributed by atoms with Gasteiger partial charge in [-0.25, -0.2) is 4.79 Å². The van der Waals surface area contributed by atoms with E-state index in [1.807, 2.05) is 0 Å². The number of carbonyl (C=O) groups excluding carboxylic acids is 2. The van der Waals surface area contributed by atoms with Gasteiger partial charge in [0, 0.05) is 18.7 Å². The molecule has 0 saturated carbocycles. The largest absolute Gasteiger partial charge is 0.481 e. The Hall–Kier alpha value is -2.49. The van der Waals surface area contributed by atoms with Crippen LogP contribution in [0.25, 0.3) is 0 Å². The van der Waals surface area contributed by atoms with Crippen molar-refractivity contribution in [2.45, 2.75) is 31.6 Å². The number of carboxylic acids is 1. The van der Waals surface area contributed by atoms with Crippen LogP contribution in [0.15, 0.2) is 24.3 Å². The number of hydrogen-bond donors (Lipinski definition) is 4. The summed E-state index contributed by atoms with van der Waals surface area (Å²) in [7, 11) is 1.17. The molecule has 1 aromatic rings. The molecule has 9 heteroatoms. The molecular weight excluding hydrogens is 330 g/mol. The van der Waals surface area contributed by atoms with Gasteiger partial charge in [0.05, 0.1) is 26.2 Å². The predicted molar refractivity (Wildman–Crippen MR) is 89.6 cm³/mol. The van der Waals surface area contributed by atoms with Crippen molar-refractivity contribution in [1.82, 2.24) is 0 Å². The van der Waals surface area contributed by atoms with Crippen molar-refractivity contribution in [3.05, 3.63) is 29.8 Å². The van der Waals surface area contributed by atoms with Gasteiger partial charge in [-0.3, -0.25) is 9.59 Å². The van der Waals surface area contributed by atoms with Crippen LogP contribution >= 0.6 is 0 Å². The average molecular weight is 353 g/mol. The highest BCUT2D eigenvalue weighted by Gasteiger charge is 2.29. The van der Waals surface area contributed by atoms with E-state index in [0.717, 1.165) is 0 Å². The maximum atomic E-state index is 11.8. The molecule has 0 heterocycles. The summed E-state index contributed by atoms with van der Waals surface area (Å²) >= 11 is 0. The maximum Gasteiger partial charge on any atom is 0.336 e. The minimum atomic E-state index is -1.21. The number of amides is 1. The van der Waals surface area contributed by atoms with Crippen LogP contribution in [0.5, 0.6) is 0 Å². The van der Waals surface area contributed by atoms with Crippen LogP contribution in [0.2, 0.25) is 0 Å². The molecule has 138 valence electrons. The Morgan fingerprint density at radius 1 is 1.32 bits per heavy atom. The lowest BCUT2D eigenvalue weighted by molar-refractivity contribution is -0.157. The van der Waals surface area contributed by atoms with E-state index in [4.69, 9.17) is 21.3 Å². The van der Waals surface area contributed by atoms with Gasteiger partial charge in [0.15, 0.2) is 6.10 Å². The highest BCUT2D eigenvalue weighted by atomic mass is 16.6. The number of hydrogen-bond acceptors (Lipinski definition) is 7. The summed E-state index contributed by atoms with van der Waals surface area (Å²) in [6.07, 6.45) is -1.44. The third-order valence-corrected chi connectivity index (χ3v) is 3.24. The second-order valence-corrected chi connectivity index (χ2v) is 5.30. The first kappa shape index (κ1) is 20.6. The van der Waals surface area contributed by atoms with E-state index >= 15 is 0 Å². The standard InChI is InChI=1S/C16H23N3O6/c1-24-16(23)15(12(18)8-14(21)22)25-9-10-3-2-4-11(7-10)19-13(20)5-6-17/h2-4,7,12,15H,5-6,8-9,17-18H2,1H3,(H,19,20)(H,21,22)/t12-,15+/m1/s1. The zero-order valence-corrected chi connectivity index (χ0v) is 13.9. The normalized spacial score (nSPS) is 12.9. The fourth-order valence-corrected chi connectivity index (χ4v) is 2.07. The lowest BCUT2D eigenvalue weighted by Crippen LogP contribution is -2.44. The molecule has 1 rings (SSSR count). The van der Waals surface area contributed by atoms with Gasteiger partial charge in [-0.1, -0.05) is 12.1 Å². The van der Waals surface area contributed by atoms with Crippen molar-refractivity contribution in [3.63, 3.8) is 0 Å². The number of esters is 1. The fourth-order valence-electron chi connectivity index (χ4n) is 2.07. The Labute approximate surface area is 145 Å². The lowest BCUT2D eigenvalue weighted by atomic mass is 10.1. The molecule has 0 spiro atoms. The second-order valence-electron chi connectivity index (χ2n) is 5.30. The topological polar surface area (TPSA) is 154 Å². The molecule has 0 aromatic heterocycles. The van der Waals surface area contributed by atoms with Crippen molar-refractivity contribution < 1.29 is 29.0 Å². The number of carbonyl (C=O) groups is 3. The first-order chi connectivity index (χ1) is 11.9. The Morgan fingerprint density at radius 3 is 2.64 bits per heavy atom. The van der Waals surface area contributed by atoms with Gasteiger partial charge in [-0.05, 0) is 17.7 Å². The van der Waals surface area contributed by atoms with Crippen LogP contribution in [0.1, 0.15) is 18.4 Å². The summed E-state index contributed by atoms with van der Waals surface area (Å²) < 4.78 is 10.1. The Bertz CT molecular complexity index is 607. The highest BCUT2D eigenvalue weighted by Crippen LogP contribution is 2.14. The van der Waals surface area contributed by atoms with Gasteiger partial charge < -0.3 is 31.4 Å². The summed E-state index contributed by atoms with van der Waals surface area (Å²) in [6, 6.07) is 5.77. The van der Waals surface area contributed by atoms with Gasteiger partial charge in [-0.15, -0.1) is 0 Å². The molecule has 1 aromatic carbocycles. The molecule has 0 unspecified atom stereocenters. The van der Waals surface area contributed by atoms with Crippen LogP contribution in [-0.2, 0) is 30.5 Å². The summed E-state index contributed by atoms with van der Waals surface area (Å²) in [6.45, 7) is 0.241. The van der Waals surface area contributed by atoms with E-state index in [1.54, 1.807) is 24.3 Å². The van der Waals surface area contributed by atoms with Crippen molar-refractivity contribution in [3.8, 4) is 0 Å². The van der Waals surface area contributed by atoms with Crippen LogP contribution in [0, 0.1) is 0 Å². The number of anilines is 1. The van der Waals surface area contributed by atoms with E-state index in [1.165, 1.54) is 7.11 Å². The molecule has 0 aliphatic carbocycles. The van der Waals surface area contributed by atoms with E-state index in [9.17, 15) is 14.4 Å². The van der Waals surface area contributed by atoms with Crippen LogP contribution in [-0.4, -0.2) is 48.8 Å². The third kappa shape index (κ3) is 7.29. The minimum absolute atomic E-state index is 0.00626. The number of rotatable bonds is 10. The molecule has 6 N–H and O–H groups in total. The number of nitrogens with two attached hydrogens (primary N) is 2. The molecule has 0 aliphatic rings. The van der Waals surface area contributed by atoms with Gasteiger partial charge in [0.1, 0.15) is 0 Å². The zero-order chi connectivity index (χ0) is 18.8. The Morgan fingerprint density at radius 2 is 2.04 bits per heavy atom. The minimum Gasteiger partial charge on any atom is -0.481 e. The number of benzene rings is 1. The van der Waals surface area contributed by atoms with Crippen LogP contribution < -0.4 is 16.8 Å². The van der Waals surface area contributed by atoms with Crippen molar-refractivity contribution in [2.75, 3.05) is 19.0 Å². The summed E-state index contributed by atoms with van der Waals surface area (Å²) in [5.74, 6) is -2.10. The average Bonchev–Trinajstić information content (AvgIpc) is 2.54. The van der Waals surface area contributed by atoms with Crippen molar-refractivity contribution in [1.29, 1.82) is 0 Å². The van der Waals surface area contributed by atoms with E-state index < -0.39 is 30.5 Å².